The summed E-state index contributed by atoms with van der Waals surface area (Å²) in [7, 11) is 3.68. The van der Waals surface area contributed by atoms with E-state index >= 15 is 0 Å². The highest BCUT2D eigenvalue weighted by Crippen LogP contribution is 2.31. The largest absolute Gasteiger partial charge is 0.479 e. The Labute approximate surface area is 140 Å². The fourth-order valence-corrected chi connectivity index (χ4v) is 2.76. The number of nitrogens with zero attached hydrogens (tertiary/aromatic N) is 3. The highest BCUT2D eigenvalue weighted by molar-refractivity contribution is 6.09. The summed E-state index contributed by atoms with van der Waals surface area (Å²) in [6, 6.07) is 7.67. The van der Waals surface area contributed by atoms with Crippen LogP contribution in [0.4, 0.5) is 5.69 Å². The minimum absolute atomic E-state index is 0.308. The van der Waals surface area contributed by atoms with Gasteiger partial charge in [0.25, 0.3) is 0 Å². The molecule has 0 saturated carbocycles. The summed E-state index contributed by atoms with van der Waals surface area (Å²) in [6.07, 6.45) is 3.09. The summed E-state index contributed by atoms with van der Waals surface area (Å²) < 4.78 is 11.0. The van der Waals surface area contributed by atoms with Gasteiger partial charge in [0.15, 0.2) is 11.8 Å². The first-order valence-electron chi connectivity index (χ1n) is 7.71. The van der Waals surface area contributed by atoms with Crippen LogP contribution < -0.4 is 9.64 Å². The van der Waals surface area contributed by atoms with Crippen LogP contribution in [-0.2, 0) is 4.74 Å². The molecule has 1 unspecified atom stereocenters. The molecule has 1 atom stereocenters. The predicted molar refractivity (Wildman–Crippen MR) is 89.9 cm³/mol. The first-order valence-corrected chi connectivity index (χ1v) is 7.71. The van der Waals surface area contributed by atoms with Crippen molar-refractivity contribution in [3.8, 4) is 5.75 Å². The summed E-state index contributed by atoms with van der Waals surface area (Å²) in [5.74, 6) is 0.664. The zero-order valence-electron chi connectivity index (χ0n) is 13.7. The standard InChI is InChI=1S/C17H21N3O4/c1-19(9-10-23-2)13-3-5-14(6-4-13)24-17-12-7-8-20(22)15(11-12)16(17)18-21/h3-7,11,17,21-22H,8-10H2,1-2H3/b18-16+. The smallest absolute Gasteiger partial charge is 0.171 e. The van der Waals surface area contributed by atoms with Gasteiger partial charge in [-0.05, 0) is 35.9 Å². The van der Waals surface area contributed by atoms with Crippen LogP contribution in [0.25, 0.3) is 0 Å². The molecule has 0 amide bonds. The molecule has 1 aliphatic heterocycles. The van der Waals surface area contributed by atoms with Gasteiger partial charge in [0, 0.05) is 26.4 Å². The van der Waals surface area contributed by atoms with Crippen LogP contribution in [0, 0.1) is 0 Å². The fraction of sp³-hybridized carbons (Fsp3) is 0.353. The van der Waals surface area contributed by atoms with E-state index in [1.54, 1.807) is 13.2 Å². The van der Waals surface area contributed by atoms with E-state index < -0.39 is 6.10 Å². The summed E-state index contributed by atoms with van der Waals surface area (Å²) >= 11 is 0. The van der Waals surface area contributed by atoms with Gasteiger partial charge in [0.2, 0.25) is 0 Å². The summed E-state index contributed by atoms with van der Waals surface area (Å²) in [5.41, 5.74) is 2.71. The van der Waals surface area contributed by atoms with E-state index in [1.807, 2.05) is 37.4 Å². The van der Waals surface area contributed by atoms with E-state index in [4.69, 9.17) is 9.47 Å². The molecule has 1 aromatic rings. The molecule has 24 heavy (non-hydrogen) atoms. The molecule has 7 nitrogen and oxygen atoms in total. The second kappa shape index (κ2) is 6.94. The minimum Gasteiger partial charge on any atom is -0.479 e. The molecule has 2 bridgehead atoms. The van der Waals surface area contributed by atoms with Crippen LogP contribution in [0.5, 0.6) is 5.75 Å². The molecule has 1 heterocycles. The van der Waals surface area contributed by atoms with E-state index in [0.29, 0.717) is 30.3 Å². The Kier molecular flexibility index (Phi) is 4.73. The zero-order valence-corrected chi connectivity index (χ0v) is 13.7. The number of fused-ring (bicyclic) bond motifs is 1. The lowest BCUT2D eigenvalue weighted by Crippen LogP contribution is -2.28. The number of benzene rings is 1. The van der Waals surface area contributed by atoms with Gasteiger partial charge >= 0.3 is 0 Å². The molecule has 0 radical (unpaired) electrons. The molecule has 0 saturated heterocycles. The number of oxime groups is 1. The van der Waals surface area contributed by atoms with E-state index in [9.17, 15) is 10.4 Å². The Morgan fingerprint density at radius 3 is 2.75 bits per heavy atom. The van der Waals surface area contributed by atoms with Crippen LogP contribution in [0.1, 0.15) is 0 Å². The van der Waals surface area contributed by atoms with Crippen molar-refractivity contribution in [3.63, 3.8) is 0 Å². The van der Waals surface area contributed by atoms with Crippen molar-refractivity contribution in [3.05, 3.63) is 47.7 Å². The van der Waals surface area contributed by atoms with E-state index in [2.05, 4.69) is 10.1 Å². The SMILES string of the molecule is COCCN(C)c1ccc(OC2C3=CCN(O)C(=C3)/C2=N\O)cc1. The lowest BCUT2D eigenvalue weighted by atomic mass is 10.1. The molecule has 0 fully saturated rings. The van der Waals surface area contributed by atoms with Crippen molar-refractivity contribution >= 4 is 11.4 Å². The normalized spacial score (nSPS) is 20.9. The van der Waals surface area contributed by atoms with Gasteiger partial charge in [-0.3, -0.25) is 10.3 Å². The van der Waals surface area contributed by atoms with Crippen LogP contribution in [-0.4, -0.2) is 61.1 Å². The van der Waals surface area contributed by atoms with Crippen LogP contribution >= 0.6 is 0 Å². The minimum atomic E-state index is -0.515. The van der Waals surface area contributed by atoms with Gasteiger partial charge in [0.1, 0.15) is 5.75 Å². The maximum atomic E-state index is 9.81. The quantitative estimate of drug-likeness (QED) is 0.612. The predicted octanol–water partition coefficient (Wildman–Crippen LogP) is 1.88. The van der Waals surface area contributed by atoms with Gasteiger partial charge < -0.3 is 19.6 Å². The number of ether oxygens (including phenoxy) is 2. The number of hydroxylamine groups is 2. The molecule has 128 valence electrons. The number of hydrogen-bond acceptors (Lipinski definition) is 7. The summed E-state index contributed by atoms with van der Waals surface area (Å²) in [5, 5.41) is 23.4. The van der Waals surface area contributed by atoms with Gasteiger partial charge in [-0.15, -0.1) is 0 Å². The molecule has 7 heteroatoms. The molecule has 2 aliphatic rings. The Morgan fingerprint density at radius 2 is 2.08 bits per heavy atom. The first-order chi connectivity index (χ1) is 11.6. The van der Waals surface area contributed by atoms with Crippen LogP contribution in [0.15, 0.2) is 52.8 Å². The van der Waals surface area contributed by atoms with E-state index in [-0.39, 0.29) is 0 Å². The van der Waals surface area contributed by atoms with E-state index in [0.717, 1.165) is 22.9 Å². The van der Waals surface area contributed by atoms with E-state index in [1.165, 1.54) is 0 Å². The number of hydrogen-bond donors (Lipinski definition) is 2. The van der Waals surface area contributed by atoms with Crippen molar-refractivity contribution in [1.29, 1.82) is 0 Å². The third-order valence-corrected chi connectivity index (χ3v) is 4.16. The molecule has 0 aromatic heterocycles. The van der Waals surface area contributed by atoms with Gasteiger partial charge in [-0.1, -0.05) is 11.2 Å². The lowest BCUT2D eigenvalue weighted by Gasteiger charge is -2.20. The third kappa shape index (κ3) is 3.08. The van der Waals surface area contributed by atoms with Gasteiger partial charge in [0.05, 0.1) is 18.8 Å². The molecule has 1 aliphatic carbocycles. The topological polar surface area (TPSA) is 77.8 Å². The lowest BCUT2D eigenvalue weighted by molar-refractivity contribution is -0.0380. The highest BCUT2D eigenvalue weighted by atomic mass is 16.5. The Bertz CT molecular complexity index is 682. The number of anilines is 1. The maximum absolute atomic E-state index is 9.81. The fourth-order valence-electron chi connectivity index (χ4n) is 2.76. The highest BCUT2D eigenvalue weighted by Gasteiger charge is 2.37. The van der Waals surface area contributed by atoms with Crippen molar-refractivity contribution in [1.82, 2.24) is 5.06 Å². The Balaban J connectivity index is 1.71. The number of rotatable bonds is 6. The molecule has 0 spiro atoms. The van der Waals surface area contributed by atoms with Gasteiger partial charge in [-0.2, -0.15) is 0 Å². The molecule has 1 aromatic carbocycles. The zero-order chi connectivity index (χ0) is 17.1. The average molecular weight is 331 g/mol. The summed E-state index contributed by atoms with van der Waals surface area (Å²) in [6.45, 7) is 1.81. The van der Waals surface area contributed by atoms with Crippen molar-refractivity contribution in [2.75, 3.05) is 38.8 Å². The van der Waals surface area contributed by atoms with Crippen molar-refractivity contribution < 1.29 is 19.9 Å². The van der Waals surface area contributed by atoms with Crippen LogP contribution in [0.2, 0.25) is 0 Å². The first kappa shape index (κ1) is 16.4. The van der Waals surface area contributed by atoms with Crippen LogP contribution in [0.3, 0.4) is 0 Å². The number of methoxy groups -OCH3 is 1. The van der Waals surface area contributed by atoms with Gasteiger partial charge in [-0.25, -0.2) is 0 Å². The molecular formula is C17H21N3O4. The monoisotopic (exact) mass is 331 g/mol. The molecular weight excluding hydrogens is 310 g/mol. The molecule has 2 N–H and O–H groups in total. The second-order valence-electron chi connectivity index (χ2n) is 5.71. The third-order valence-electron chi connectivity index (χ3n) is 4.16. The van der Waals surface area contributed by atoms with Crippen molar-refractivity contribution in [2.24, 2.45) is 5.16 Å². The second-order valence-corrected chi connectivity index (χ2v) is 5.71. The average Bonchev–Trinajstić information content (AvgIpc) is 2.90. The summed E-state index contributed by atoms with van der Waals surface area (Å²) in [4.78, 5) is 2.09. The maximum Gasteiger partial charge on any atom is 0.171 e. The Hall–Kier alpha value is -2.51. The molecule has 3 rings (SSSR count). The van der Waals surface area contributed by atoms with Crippen molar-refractivity contribution in [2.45, 2.75) is 6.10 Å². The Morgan fingerprint density at radius 1 is 1.33 bits per heavy atom. The number of likely N-dealkylation sites (N-methyl/N-ethyl adjacent to an activating group) is 1.